The van der Waals surface area contributed by atoms with Crippen LogP contribution in [0.1, 0.15) is 10.4 Å². The molecule has 0 spiro atoms. The van der Waals surface area contributed by atoms with Crippen molar-refractivity contribution in [2.75, 3.05) is 19.8 Å². The Balaban J connectivity index is 1.77. The van der Waals surface area contributed by atoms with Crippen LogP contribution < -0.4 is 15.2 Å². The molecule has 0 aliphatic carbocycles. The summed E-state index contributed by atoms with van der Waals surface area (Å²) in [5.41, 5.74) is 4.81. The molecular formula is C21H17F6N3O3. The highest BCUT2D eigenvalue weighted by Crippen LogP contribution is 2.31. The van der Waals surface area contributed by atoms with Gasteiger partial charge >= 0.3 is 12.5 Å². The monoisotopic (exact) mass is 473 g/mol. The maximum absolute atomic E-state index is 12.9. The molecule has 1 amide bonds. The average molecular weight is 473 g/mol. The van der Waals surface area contributed by atoms with Crippen LogP contribution in [0, 0.1) is 0 Å². The fourth-order valence-corrected chi connectivity index (χ4v) is 2.90. The van der Waals surface area contributed by atoms with Gasteiger partial charge in [0.15, 0.2) is 0 Å². The molecule has 2 aromatic carbocycles. The zero-order valence-electron chi connectivity index (χ0n) is 16.8. The molecule has 6 nitrogen and oxygen atoms in total. The van der Waals surface area contributed by atoms with Gasteiger partial charge in [-0.1, -0.05) is 18.2 Å². The molecule has 12 heteroatoms. The van der Waals surface area contributed by atoms with Gasteiger partial charge in [-0.2, -0.15) is 13.2 Å². The van der Waals surface area contributed by atoms with Crippen LogP contribution in [0.5, 0.6) is 11.5 Å². The minimum absolute atomic E-state index is 0.137. The zero-order chi connectivity index (χ0) is 24.2. The Kier molecular flexibility index (Phi) is 6.84. The summed E-state index contributed by atoms with van der Waals surface area (Å²) < 4.78 is 83.6. The second-order valence-electron chi connectivity index (χ2n) is 6.79. The van der Waals surface area contributed by atoms with Crippen molar-refractivity contribution in [2.24, 2.45) is 10.7 Å². The molecule has 0 bridgehead atoms. The molecule has 3 rings (SSSR count). The third-order valence-electron chi connectivity index (χ3n) is 4.48. The predicted molar refractivity (Wildman–Crippen MR) is 107 cm³/mol. The second-order valence-corrected chi connectivity index (χ2v) is 6.79. The van der Waals surface area contributed by atoms with Crippen molar-refractivity contribution in [3.05, 3.63) is 59.8 Å². The lowest BCUT2D eigenvalue weighted by molar-refractivity contribution is -0.274. The summed E-state index contributed by atoms with van der Waals surface area (Å²) >= 11 is 0. The molecule has 0 unspecified atom stereocenters. The fraction of sp³-hybridized carbons (Fsp3) is 0.238. The van der Waals surface area contributed by atoms with Gasteiger partial charge in [0.25, 0.3) is 5.91 Å². The number of rotatable bonds is 5. The molecule has 1 aliphatic rings. The van der Waals surface area contributed by atoms with Crippen LogP contribution in [0.2, 0.25) is 0 Å². The lowest BCUT2D eigenvalue weighted by atomic mass is 10.0. The van der Waals surface area contributed by atoms with Crippen LogP contribution >= 0.6 is 0 Å². The van der Waals surface area contributed by atoms with Gasteiger partial charge in [-0.15, -0.1) is 13.2 Å². The van der Waals surface area contributed by atoms with Crippen LogP contribution in [-0.4, -0.2) is 49.4 Å². The van der Waals surface area contributed by atoms with E-state index >= 15 is 0 Å². The molecule has 0 atom stereocenters. The second kappa shape index (κ2) is 9.43. The Morgan fingerprint density at radius 1 is 1.09 bits per heavy atom. The van der Waals surface area contributed by atoms with Crippen molar-refractivity contribution in [3.8, 4) is 22.6 Å². The van der Waals surface area contributed by atoms with E-state index in [0.29, 0.717) is 23.0 Å². The maximum Gasteiger partial charge on any atom is 0.573 e. The topological polar surface area (TPSA) is 77.2 Å². The van der Waals surface area contributed by atoms with E-state index < -0.39 is 24.1 Å². The number of alkyl halides is 6. The summed E-state index contributed by atoms with van der Waals surface area (Å²) in [6, 6.07) is 9.82. The van der Waals surface area contributed by atoms with Crippen molar-refractivity contribution in [2.45, 2.75) is 12.5 Å². The highest BCUT2D eigenvalue weighted by Gasteiger charge is 2.31. The molecule has 1 heterocycles. The van der Waals surface area contributed by atoms with Gasteiger partial charge in [0, 0.05) is 6.21 Å². The Bertz CT molecular complexity index is 1060. The molecule has 176 valence electrons. The largest absolute Gasteiger partial charge is 0.573 e. The van der Waals surface area contributed by atoms with E-state index in [2.05, 4.69) is 9.73 Å². The smallest absolute Gasteiger partial charge is 0.491 e. The van der Waals surface area contributed by atoms with Crippen molar-refractivity contribution in [1.29, 1.82) is 0 Å². The summed E-state index contributed by atoms with van der Waals surface area (Å²) in [7, 11) is 0. The van der Waals surface area contributed by atoms with Gasteiger partial charge in [-0.05, 0) is 41.5 Å². The van der Waals surface area contributed by atoms with Crippen LogP contribution in [0.4, 0.5) is 26.3 Å². The van der Waals surface area contributed by atoms with E-state index in [-0.39, 0.29) is 31.1 Å². The summed E-state index contributed by atoms with van der Waals surface area (Å²) in [5, 5.41) is 0. The van der Waals surface area contributed by atoms with Crippen LogP contribution in [0.15, 0.2) is 59.2 Å². The number of nitrogens with zero attached hydrogens (tertiary/aromatic N) is 2. The summed E-state index contributed by atoms with van der Waals surface area (Å²) in [6.07, 6.45) is -8.03. The highest BCUT2D eigenvalue weighted by atomic mass is 19.4. The van der Waals surface area contributed by atoms with Gasteiger partial charge in [0.1, 0.15) is 30.5 Å². The number of nitrogens with two attached hydrogens (primary N) is 1. The molecular weight excluding hydrogens is 456 g/mol. The molecule has 0 fully saturated rings. The molecule has 33 heavy (non-hydrogen) atoms. The third-order valence-corrected chi connectivity index (χ3v) is 4.48. The normalized spacial score (nSPS) is 15.3. The van der Waals surface area contributed by atoms with Crippen molar-refractivity contribution in [1.82, 2.24) is 4.90 Å². The number of aliphatic imine (C=N–C) groups is 1. The first-order valence-corrected chi connectivity index (χ1v) is 9.39. The lowest BCUT2D eigenvalue weighted by Gasteiger charge is -2.17. The number of carbonyl (C=O) groups excluding carboxylic acids is 1. The molecule has 0 aromatic heterocycles. The Morgan fingerprint density at radius 2 is 1.76 bits per heavy atom. The minimum Gasteiger partial charge on any atom is -0.491 e. The average Bonchev–Trinajstić information content (AvgIpc) is 2.88. The molecule has 0 radical (unpaired) electrons. The molecule has 2 aromatic rings. The third kappa shape index (κ3) is 6.40. The van der Waals surface area contributed by atoms with E-state index in [4.69, 9.17) is 10.5 Å². The predicted octanol–water partition coefficient (Wildman–Crippen LogP) is 4.52. The standard InChI is InChI=1S/C21H17F6N3O3/c22-20(23,24)18(28)7-8-29-12-30-9-10-32-17-6-3-14(11-16(17)19(30)31)13-1-4-15(5-2-13)33-21(25,26)27/h1-8,11H,9-10,12,28H2. The Hall–Kier alpha value is -3.70. The molecule has 0 saturated carbocycles. The Morgan fingerprint density at radius 3 is 2.39 bits per heavy atom. The Labute approximate surface area is 183 Å². The molecule has 0 saturated heterocycles. The highest BCUT2D eigenvalue weighted by molar-refractivity contribution is 5.98. The summed E-state index contributed by atoms with van der Waals surface area (Å²) in [6.45, 7) is 0.0523. The first-order chi connectivity index (χ1) is 15.4. The van der Waals surface area contributed by atoms with E-state index in [0.717, 1.165) is 18.3 Å². The number of amides is 1. The number of fused-ring (bicyclic) bond motifs is 1. The fourth-order valence-electron chi connectivity index (χ4n) is 2.90. The van der Waals surface area contributed by atoms with Gasteiger partial charge in [-0.3, -0.25) is 9.79 Å². The van der Waals surface area contributed by atoms with Crippen molar-refractivity contribution >= 4 is 12.1 Å². The van der Waals surface area contributed by atoms with E-state index in [1.807, 2.05) is 0 Å². The van der Waals surface area contributed by atoms with Crippen LogP contribution in [0.3, 0.4) is 0 Å². The van der Waals surface area contributed by atoms with Gasteiger partial charge in [-0.25, -0.2) is 0 Å². The number of halogens is 6. The number of benzene rings is 2. The van der Waals surface area contributed by atoms with E-state index in [9.17, 15) is 31.1 Å². The van der Waals surface area contributed by atoms with E-state index in [1.165, 1.54) is 23.1 Å². The summed E-state index contributed by atoms with van der Waals surface area (Å²) in [4.78, 5) is 18.0. The van der Waals surface area contributed by atoms with Gasteiger partial charge in [0.05, 0.1) is 12.1 Å². The van der Waals surface area contributed by atoms with Crippen LogP contribution in [0.25, 0.3) is 11.1 Å². The van der Waals surface area contributed by atoms with Crippen LogP contribution in [-0.2, 0) is 0 Å². The molecule has 1 aliphatic heterocycles. The lowest BCUT2D eigenvalue weighted by Crippen LogP contribution is -2.32. The van der Waals surface area contributed by atoms with Gasteiger partial charge < -0.3 is 20.1 Å². The first-order valence-electron chi connectivity index (χ1n) is 9.39. The van der Waals surface area contributed by atoms with Crippen molar-refractivity contribution < 1.29 is 40.6 Å². The SMILES string of the molecule is NC(=CC=NCN1CCOc2ccc(-c3ccc(OC(F)(F)F)cc3)cc2C1=O)C(F)(F)F. The zero-order valence-corrected chi connectivity index (χ0v) is 16.8. The van der Waals surface area contributed by atoms with E-state index in [1.54, 1.807) is 12.1 Å². The molecule has 2 N–H and O–H groups in total. The number of allylic oxidation sites excluding steroid dienone is 2. The minimum atomic E-state index is -4.81. The number of carbonyl (C=O) groups is 1. The maximum atomic E-state index is 12.9. The number of hydrogen-bond donors (Lipinski definition) is 1. The quantitative estimate of drug-likeness (QED) is 0.512. The number of ether oxygens (including phenoxy) is 2. The first kappa shape index (κ1) is 24.0. The van der Waals surface area contributed by atoms with Gasteiger partial charge in [0.2, 0.25) is 0 Å². The number of hydrogen-bond acceptors (Lipinski definition) is 5. The van der Waals surface area contributed by atoms with Crippen molar-refractivity contribution in [3.63, 3.8) is 0 Å². The summed E-state index contributed by atoms with van der Waals surface area (Å²) in [5.74, 6) is -0.551.